The number of carbonyl (C=O) groups excluding carboxylic acids is 1. The van der Waals surface area contributed by atoms with Crippen LogP contribution in [0.1, 0.15) is 41.6 Å². The molecule has 1 N–H and O–H groups in total. The van der Waals surface area contributed by atoms with E-state index in [0.29, 0.717) is 17.5 Å². The van der Waals surface area contributed by atoms with Crippen LogP contribution in [0.2, 0.25) is 0 Å². The number of aromatic amines is 1. The zero-order valence-corrected chi connectivity index (χ0v) is 24.8. The SMILES string of the molecule is COC(=O)C1=C(C)N(c2cccc(C(F)(F)F)c2)c2n[nH]c(=O)n2C1c1ccc(C#N)cc1CCC[N+](C)(C)C.[Br-]. The van der Waals surface area contributed by atoms with Crippen LogP contribution in [-0.4, -0.2) is 60.0 Å². The number of H-pyrrole nitrogens is 1. The molecule has 0 spiro atoms. The molecule has 0 saturated heterocycles. The number of fused-ring (bicyclic) bond motifs is 1. The normalized spacial score (nSPS) is 15.2. The topological polar surface area (TPSA) is 104 Å². The fraction of sp³-hybridized carbons (Fsp3) is 0.357. The van der Waals surface area contributed by atoms with Crippen molar-refractivity contribution in [2.45, 2.75) is 32.0 Å². The van der Waals surface area contributed by atoms with Gasteiger partial charge < -0.3 is 26.2 Å². The smallest absolute Gasteiger partial charge is 0.416 e. The van der Waals surface area contributed by atoms with E-state index in [1.807, 2.05) is 0 Å². The van der Waals surface area contributed by atoms with E-state index in [2.05, 4.69) is 37.4 Å². The van der Waals surface area contributed by atoms with Crippen LogP contribution in [0.4, 0.5) is 24.8 Å². The molecule has 1 unspecified atom stereocenters. The van der Waals surface area contributed by atoms with Crippen molar-refractivity contribution in [2.75, 3.05) is 39.7 Å². The summed E-state index contributed by atoms with van der Waals surface area (Å²) in [6.07, 6.45) is -3.28. The molecule has 41 heavy (non-hydrogen) atoms. The van der Waals surface area contributed by atoms with E-state index in [0.717, 1.165) is 35.1 Å². The van der Waals surface area contributed by atoms with Gasteiger partial charge in [0, 0.05) is 17.8 Å². The molecule has 1 aliphatic heterocycles. The maximum absolute atomic E-state index is 13.6. The molecule has 1 atom stereocenters. The number of nitrogens with zero attached hydrogens (tertiary/aromatic N) is 5. The molecule has 0 aliphatic carbocycles. The molecular weight excluding hydrogens is 605 g/mol. The first-order valence-corrected chi connectivity index (χ1v) is 12.5. The summed E-state index contributed by atoms with van der Waals surface area (Å²) in [7, 11) is 7.39. The van der Waals surface area contributed by atoms with Crippen molar-refractivity contribution in [3.63, 3.8) is 0 Å². The van der Waals surface area contributed by atoms with Gasteiger partial charge in [0.25, 0.3) is 0 Å². The summed E-state index contributed by atoms with van der Waals surface area (Å²) >= 11 is 0. The summed E-state index contributed by atoms with van der Waals surface area (Å²) in [6, 6.07) is 10.7. The van der Waals surface area contributed by atoms with Gasteiger partial charge in [0.15, 0.2) is 0 Å². The van der Waals surface area contributed by atoms with E-state index in [-0.39, 0.29) is 39.9 Å². The Morgan fingerprint density at radius 3 is 2.51 bits per heavy atom. The molecule has 0 amide bonds. The number of hydrogen-bond donors (Lipinski definition) is 1. The maximum Gasteiger partial charge on any atom is 0.416 e. The van der Waals surface area contributed by atoms with Crippen molar-refractivity contribution < 1.29 is 44.2 Å². The van der Waals surface area contributed by atoms with E-state index < -0.39 is 29.4 Å². The lowest BCUT2D eigenvalue weighted by molar-refractivity contribution is -0.870. The molecule has 0 saturated carbocycles. The number of benzene rings is 2. The second-order valence-corrected chi connectivity index (χ2v) is 10.6. The van der Waals surface area contributed by atoms with E-state index in [1.165, 1.54) is 28.7 Å². The maximum atomic E-state index is 13.6. The Kier molecular flexibility index (Phi) is 9.20. The number of aromatic nitrogens is 3. The Morgan fingerprint density at radius 2 is 1.90 bits per heavy atom. The number of aryl methyl sites for hydroxylation is 1. The van der Waals surface area contributed by atoms with Crippen LogP contribution < -0.4 is 27.6 Å². The first-order chi connectivity index (χ1) is 18.8. The highest BCUT2D eigenvalue weighted by Crippen LogP contribution is 2.43. The Balaban J connectivity index is 0.00000462. The third-order valence-corrected chi connectivity index (χ3v) is 6.82. The standard InChI is InChI=1S/C28H29F3N6O3.BrH/c1-17-23(25(38)40-5)24(22-12-11-18(16-32)14-19(22)8-7-13-37(2,3)4)36-26(33-34-27(36)39)35(17)21-10-6-9-20(15-21)28(29,30)31;/h6,9-12,14-15,24H,7-8,13H2,1-5H3;1H. The van der Waals surface area contributed by atoms with E-state index in [9.17, 15) is 28.0 Å². The van der Waals surface area contributed by atoms with E-state index in [1.54, 1.807) is 25.1 Å². The van der Waals surface area contributed by atoms with Gasteiger partial charge in [0.1, 0.15) is 6.04 Å². The summed E-state index contributed by atoms with van der Waals surface area (Å²) in [5.74, 6) is -0.735. The lowest BCUT2D eigenvalue weighted by Crippen LogP contribution is -3.00. The number of rotatable bonds is 7. The minimum absolute atomic E-state index is 0. The minimum Gasteiger partial charge on any atom is -1.00 e. The van der Waals surface area contributed by atoms with Gasteiger partial charge in [-0.15, -0.1) is 5.10 Å². The minimum atomic E-state index is -4.61. The Labute approximate surface area is 245 Å². The monoisotopic (exact) mass is 634 g/mol. The van der Waals surface area contributed by atoms with Crippen LogP contribution in [0.3, 0.4) is 0 Å². The zero-order valence-electron chi connectivity index (χ0n) is 23.2. The van der Waals surface area contributed by atoms with Gasteiger partial charge in [-0.1, -0.05) is 12.1 Å². The van der Waals surface area contributed by atoms with Crippen LogP contribution in [0.25, 0.3) is 0 Å². The molecule has 2 aromatic carbocycles. The predicted molar refractivity (Wildman–Crippen MR) is 142 cm³/mol. The highest BCUT2D eigenvalue weighted by atomic mass is 79.9. The highest BCUT2D eigenvalue weighted by Gasteiger charge is 2.41. The molecule has 0 radical (unpaired) electrons. The molecule has 1 aliphatic rings. The summed E-state index contributed by atoms with van der Waals surface area (Å²) in [6.45, 7) is 2.41. The van der Waals surface area contributed by atoms with Crippen molar-refractivity contribution in [2.24, 2.45) is 0 Å². The molecule has 218 valence electrons. The second kappa shape index (κ2) is 11.9. The third-order valence-electron chi connectivity index (χ3n) is 6.82. The molecule has 3 aromatic rings. The average molecular weight is 635 g/mol. The number of halogens is 4. The molecule has 13 heteroatoms. The zero-order chi connectivity index (χ0) is 29.4. The van der Waals surface area contributed by atoms with E-state index >= 15 is 0 Å². The number of nitrogens with one attached hydrogen (secondary N) is 1. The Bertz CT molecular complexity index is 1580. The average Bonchev–Trinajstić information content (AvgIpc) is 3.27. The number of alkyl halides is 3. The van der Waals surface area contributed by atoms with Gasteiger partial charge in [0.05, 0.1) is 57.6 Å². The number of esters is 1. The Morgan fingerprint density at radius 1 is 1.20 bits per heavy atom. The summed E-state index contributed by atoms with van der Waals surface area (Å²) in [5.41, 5.74) is 0.605. The third kappa shape index (κ3) is 6.39. The molecule has 0 fully saturated rings. The largest absolute Gasteiger partial charge is 1.00 e. The number of allylic oxidation sites excluding steroid dienone is 1. The Hall–Kier alpha value is -3.89. The number of quaternary nitrogens is 1. The van der Waals surface area contributed by atoms with Gasteiger partial charge >= 0.3 is 17.8 Å². The predicted octanol–water partition coefficient (Wildman–Crippen LogP) is 1.29. The van der Waals surface area contributed by atoms with Crippen molar-refractivity contribution in [1.29, 1.82) is 5.26 Å². The first-order valence-electron chi connectivity index (χ1n) is 12.5. The van der Waals surface area contributed by atoms with Gasteiger partial charge in [-0.2, -0.15) is 18.4 Å². The molecule has 4 rings (SSSR count). The summed E-state index contributed by atoms with van der Waals surface area (Å²) in [5, 5.41) is 16.1. The number of ether oxygens (including phenoxy) is 1. The van der Waals surface area contributed by atoms with Crippen LogP contribution in [0, 0.1) is 11.3 Å². The molecule has 9 nitrogen and oxygen atoms in total. The first kappa shape index (κ1) is 31.6. The van der Waals surface area contributed by atoms with E-state index in [4.69, 9.17) is 4.74 Å². The number of methoxy groups -OCH3 is 1. The van der Waals surface area contributed by atoms with Crippen LogP contribution in [-0.2, 0) is 22.1 Å². The van der Waals surface area contributed by atoms with Gasteiger partial charge in [-0.3, -0.25) is 4.90 Å². The quantitative estimate of drug-likeness (QED) is 0.310. The molecule has 0 bridgehead atoms. The summed E-state index contributed by atoms with van der Waals surface area (Å²) < 4.78 is 47.7. The lowest BCUT2D eigenvalue weighted by Gasteiger charge is -2.36. The van der Waals surface area contributed by atoms with Crippen LogP contribution in [0.15, 0.2) is 58.5 Å². The number of hydrogen-bond acceptors (Lipinski definition) is 6. The van der Waals surface area contributed by atoms with Crippen molar-refractivity contribution in [3.8, 4) is 6.07 Å². The van der Waals surface area contributed by atoms with Crippen molar-refractivity contribution >= 4 is 17.6 Å². The van der Waals surface area contributed by atoms with Crippen molar-refractivity contribution in [3.05, 3.63) is 86.5 Å². The van der Waals surface area contributed by atoms with Crippen molar-refractivity contribution in [1.82, 2.24) is 14.8 Å². The number of anilines is 2. The molecule has 1 aromatic heterocycles. The highest BCUT2D eigenvalue weighted by molar-refractivity contribution is 5.93. The summed E-state index contributed by atoms with van der Waals surface area (Å²) in [4.78, 5) is 27.8. The fourth-order valence-electron chi connectivity index (χ4n) is 4.98. The number of nitriles is 1. The van der Waals surface area contributed by atoms with Crippen LogP contribution >= 0.6 is 0 Å². The fourth-order valence-corrected chi connectivity index (χ4v) is 4.98. The van der Waals surface area contributed by atoms with Gasteiger partial charge in [-0.25, -0.2) is 19.3 Å². The molecule has 2 heterocycles. The van der Waals surface area contributed by atoms with Gasteiger partial charge in [0.2, 0.25) is 5.95 Å². The number of carbonyl (C=O) groups is 1. The van der Waals surface area contributed by atoms with Gasteiger partial charge in [-0.05, 0) is 54.8 Å². The lowest BCUT2D eigenvalue weighted by atomic mass is 9.88. The van der Waals surface area contributed by atoms with Crippen LogP contribution in [0.5, 0.6) is 0 Å². The second-order valence-electron chi connectivity index (χ2n) is 10.6. The molecular formula is C28H30BrF3N6O3.